The van der Waals surface area contributed by atoms with E-state index in [1.54, 1.807) is 20.8 Å². The van der Waals surface area contributed by atoms with E-state index in [-0.39, 0.29) is 28.5 Å². The predicted octanol–water partition coefficient (Wildman–Crippen LogP) is 2.76. The van der Waals surface area contributed by atoms with Crippen LogP contribution >= 0.6 is 0 Å². The topological polar surface area (TPSA) is 119 Å². The van der Waals surface area contributed by atoms with E-state index in [1.807, 2.05) is 0 Å². The smallest absolute Gasteiger partial charge is 0.346 e. The summed E-state index contributed by atoms with van der Waals surface area (Å²) in [5.41, 5.74) is -0.200. The third-order valence-electron chi connectivity index (χ3n) is 4.65. The van der Waals surface area contributed by atoms with E-state index in [4.69, 9.17) is 14.2 Å². The van der Waals surface area contributed by atoms with Crippen LogP contribution in [0.1, 0.15) is 26.3 Å². The second kappa shape index (κ2) is 8.89. The molecule has 1 N–H and O–H groups in total. The maximum Gasteiger partial charge on any atom is 0.346 e. The molecular weight excluding hydrogens is 457 g/mol. The van der Waals surface area contributed by atoms with Crippen LogP contribution in [0.15, 0.2) is 41.3 Å². The van der Waals surface area contributed by atoms with Crippen molar-refractivity contribution >= 4 is 27.6 Å². The highest BCUT2D eigenvalue weighted by Crippen LogP contribution is 2.38. The molecule has 9 nitrogen and oxygen atoms in total. The van der Waals surface area contributed by atoms with Gasteiger partial charge in [0.1, 0.15) is 11.4 Å². The molecule has 2 aromatic rings. The van der Waals surface area contributed by atoms with Crippen molar-refractivity contribution in [1.82, 2.24) is 0 Å². The average molecular weight is 481 g/mol. The van der Waals surface area contributed by atoms with Crippen molar-refractivity contribution < 1.29 is 41.7 Å². The number of benzene rings is 2. The Hall–Kier alpha value is -3.34. The van der Waals surface area contributed by atoms with Crippen LogP contribution in [-0.2, 0) is 30.8 Å². The fourth-order valence-electron chi connectivity index (χ4n) is 3.24. The number of anilines is 1. The Morgan fingerprint density at radius 1 is 1.21 bits per heavy atom. The molecule has 0 fully saturated rings. The van der Waals surface area contributed by atoms with Crippen LogP contribution in [0.25, 0.3) is 0 Å². The Kier molecular flexibility index (Phi) is 6.55. The lowest BCUT2D eigenvalue weighted by Crippen LogP contribution is -2.47. The van der Waals surface area contributed by atoms with Gasteiger partial charge in [-0.2, -0.15) is 0 Å². The molecule has 0 bridgehead atoms. The van der Waals surface area contributed by atoms with Gasteiger partial charge in [-0.25, -0.2) is 17.6 Å². The van der Waals surface area contributed by atoms with Gasteiger partial charge in [0.25, 0.3) is 10.0 Å². The molecule has 2 aromatic carbocycles. The van der Waals surface area contributed by atoms with E-state index in [2.05, 4.69) is 0 Å². The van der Waals surface area contributed by atoms with E-state index in [1.165, 1.54) is 25.3 Å². The van der Waals surface area contributed by atoms with Crippen molar-refractivity contribution in [1.29, 1.82) is 0 Å². The Morgan fingerprint density at radius 3 is 2.52 bits per heavy atom. The first-order chi connectivity index (χ1) is 15.3. The highest BCUT2D eigenvalue weighted by atomic mass is 32.2. The van der Waals surface area contributed by atoms with E-state index >= 15 is 0 Å². The number of carboxylic acid groups (broad SMARTS) is 1. The average Bonchev–Trinajstić information content (AvgIpc) is 2.71. The minimum Gasteiger partial charge on any atom is -0.494 e. The largest absolute Gasteiger partial charge is 0.494 e. The number of hydrogen-bond acceptors (Lipinski definition) is 7. The molecule has 0 spiro atoms. The summed E-state index contributed by atoms with van der Waals surface area (Å²) < 4.78 is 57.2. The first kappa shape index (κ1) is 24.3. The summed E-state index contributed by atoms with van der Waals surface area (Å²) in [6.45, 7) is 4.65. The van der Waals surface area contributed by atoms with E-state index < -0.39 is 46.0 Å². The molecule has 33 heavy (non-hydrogen) atoms. The maximum atomic E-state index is 13.8. The number of carbonyl (C=O) groups is 2. The lowest BCUT2D eigenvalue weighted by Gasteiger charge is -2.34. The molecule has 3 rings (SSSR count). The number of carbonyl (C=O) groups excluding carboxylic acids is 1. The van der Waals surface area contributed by atoms with Crippen molar-refractivity contribution in [2.45, 2.75) is 43.8 Å². The van der Waals surface area contributed by atoms with Gasteiger partial charge in [-0.15, -0.1) is 0 Å². The molecule has 1 aliphatic heterocycles. The molecule has 1 atom stereocenters. The number of nitrogens with zero attached hydrogens (tertiary/aromatic N) is 1. The normalized spacial score (nSPS) is 15.9. The Labute approximate surface area is 190 Å². The summed E-state index contributed by atoms with van der Waals surface area (Å²) in [6, 6.07) is 7.37. The summed E-state index contributed by atoms with van der Waals surface area (Å²) in [6.07, 6.45) is -1.60. The Balaban J connectivity index is 2.04. The Morgan fingerprint density at radius 2 is 1.91 bits per heavy atom. The van der Waals surface area contributed by atoms with Crippen LogP contribution in [0.3, 0.4) is 0 Å². The third kappa shape index (κ3) is 5.36. The molecular formula is C22H24FNO8S. The minimum atomic E-state index is -4.34. The van der Waals surface area contributed by atoms with Crippen LogP contribution < -0.4 is 13.8 Å². The van der Waals surface area contributed by atoms with Crippen LogP contribution in [-0.4, -0.2) is 50.8 Å². The van der Waals surface area contributed by atoms with E-state index in [9.17, 15) is 27.5 Å². The number of carboxylic acids is 1. The Bertz CT molecular complexity index is 1190. The number of rotatable bonds is 6. The van der Waals surface area contributed by atoms with Gasteiger partial charge in [0.2, 0.25) is 6.10 Å². The molecule has 1 heterocycles. The number of esters is 1. The molecule has 0 aliphatic carbocycles. The molecule has 0 unspecified atom stereocenters. The molecule has 11 heteroatoms. The van der Waals surface area contributed by atoms with Crippen molar-refractivity contribution in [2.75, 3.05) is 18.0 Å². The number of hydrogen-bond donors (Lipinski definition) is 1. The molecule has 0 radical (unpaired) electrons. The van der Waals surface area contributed by atoms with Crippen molar-refractivity contribution in [3.05, 3.63) is 47.8 Å². The first-order valence-corrected chi connectivity index (χ1v) is 11.4. The van der Waals surface area contributed by atoms with Gasteiger partial charge in [-0.1, -0.05) is 6.07 Å². The first-order valence-electron chi connectivity index (χ1n) is 9.92. The summed E-state index contributed by atoms with van der Waals surface area (Å²) in [5.74, 6) is -2.88. The van der Waals surface area contributed by atoms with Crippen LogP contribution in [0.5, 0.6) is 11.5 Å². The van der Waals surface area contributed by atoms with Gasteiger partial charge >= 0.3 is 11.9 Å². The summed E-state index contributed by atoms with van der Waals surface area (Å²) >= 11 is 0. The molecule has 1 aliphatic rings. The van der Waals surface area contributed by atoms with Gasteiger partial charge in [-0.3, -0.25) is 9.10 Å². The van der Waals surface area contributed by atoms with Gasteiger partial charge in [0.05, 0.1) is 30.7 Å². The molecule has 178 valence electrons. The second-order valence-electron chi connectivity index (χ2n) is 8.34. The number of ether oxygens (including phenoxy) is 3. The summed E-state index contributed by atoms with van der Waals surface area (Å²) in [7, 11) is -3.14. The van der Waals surface area contributed by atoms with E-state index in [0.29, 0.717) is 5.56 Å². The fraction of sp³-hybridized carbons (Fsp3) is 0.364. The van der Waals surface area contributed by atoms with Gasteiger partial charge in [-0.05, 0) is 50.6 Å². The molecule has 0 saturated carbocycles. The monoisotopic (exact) mass is 481 g/mol. The van der Waals surface area contributed by atoms with Crippen LogP contribution in [0, 0.1) is 5.82 Å². The van der Waals surface area contributed by atoms with Crippen LogP contribution in [0.2, 0.25) is 0 Å². The zero-order chi connectivity index (χ0) is 24.6. The highest BCUT2D eigenvalue weighted by Gasteiger charge is 2.38. The minimum absolute atomic E-state index is 0.0132. The molecule has 0 saturated heterocycles. The highest BCUT2D eigenvalue weighted by molar-refractivity contribution is 7.92. The van der Waals surface area contributed by atoms with E-state index in [0.717, 1.165) is 22.5 Å². The van der Waals surface area contributed by atoms with Crippen LogP contribution in [0.4, 0.5) is 10.1 Å². The zero-order valence-electron chi connectivity index (χ0n) is 18.5. The lowest BCUT2D eigenvalue weighted by atomic mass is 10.1. The zero-order valence-corrected chi connectivity index (χ0v) is 19.3. The van der Waals surface area contributed by atoms with Gasteiger partial charge < -0.3 is 19.3 Å². The predicted molar refractivity (Wildman–Crippen MR) is 116 cm³/mol. The SMILES string of the molecule is COc1cc(S(=O)(=O)N2C[C@H](C(=O)O)Oc3ccc(CC(=O)OC(C)(C)C)cc32)ccc1F. The number of fused-ring (bicyclic) bond motifs is 1. The number of methoxy groups -OCH3 is 1. The third-order valence-corrected chi connectivity index (χ3v) is 6.42. The fourth-order valence-corrected chi connectivity index (χ4v) is 4.72. The number of aliphatic carboxylic acids is 1. The summed E-state index contributed by atoms with van der Waals surface area (Å²) in [4.78, 5) is 23.5. The van der Waals surface area contributed by atoms with Crippen molar-refractivity contribution in [3.8, 4) is 11.5 Å². The number of halogens is 1. The van der Waals surface area contributed by atoms with Gasteiger partial charge in [0.15, 0.2) is 11.6 Å². The standard InChI is InChI=1S/C22H24FNO8S/c1-22(2,3)32-20(25)10-13-5-8-17-16(9-13)24(12-19(31-17)21(26)27)33(28,29)14-6-7-15(23)18(11-14)30-4/h5-9,11,19H,10,12H2,1-4H3,(H,26,27)/t19-/m1/s1. The quantitative estimate of drug-likeness (QED) is 0.626. The molecule has 0 amide bonds. The second-order valence-corrected chi connectivity index (χ2v) is 10.2. The molecule has 0 aromatic heterocycles. The summed E-state index contributed by atoms with van der Waals surface area (Å²) in [5, 5.41) is 9.44. The lowest BCUT2D eigenvalue weighted by molar-refractivity contribution is -0.154. The maximum absolute atomic E-state index is 13.8. The van der Waals surface area contributed by atoms with Gasteiger partial charge in [0, 0.05) is 6.07 Å². The number of sulfonamides is 1. The van der Waals surface area contributed by atoms with Crippen molar-refractivity contribution in [3.63, 3.8) is 0 Å². The van der Waals surface area contributed by atoms with Crippen molar-refractivity contribution in [2.24, 2.45) is 0 Å².